The first kappa shape index (κ1) is 33.5. The summed E-state index contributed by atoms with van der Waals surface area (Å²) in [5, 5.41) is 19.1. The van der Waals surface area contributed by atoms with Crippen molar-refractivity contribution in [2.75, 3.05) is 19.3 Å². The minimum absolute atomic E-state index is 0.246. The molecular weight excluding hydrogens is 625 g/mol. The molecule has 10 atom stereocenters. The highest BCUT2D eigenvalue weighted by atomic mass is 33.1. The van der Waals surface area contributed by atoms with Gasteiger partial charge in [0.2, 0.25) is 0 Å². The predicted molar refractivity (Wildman–Crippen MR) is 205 cm³/mol. The fourth-order valence-electron chi connectivity index (χ4n) is 12.2. The van der Waals surface area contributed by atoms with Crippen LogP contribution < -0.4 is 10.6 Å². The van der Waals surface area contributed by atoms with Crippen LogP contribution in [0.25, 0.3) is 0 Å². The molecule has 0 amide bonds. The van der Waals surface area contributed by atoms with Crippen molar-refractivity contribution < 1.29 is 5.11 Å². The van der Waals surface area contributed by atoms with E-state index in [4.69, 9.17) is 0 Å². The number of phenols is 1. The summed E-state index contributed by atoms with van der Waals surface area (Å²) in [4.78, 5) is 0. The number of allylic oxidation sites excluding steroid dienone is 3. The summed E-state index contributed by atoms with van der Waals surface area (Å²) in [6.45, 7) is 6.94. The van der Waals surface area contributed by atoms with Crippen LogP contribution in [0.5, 0.6) is 5.75 Å². The lowest BCUT2D eigenvalue weighted by atomic mass is 9.36. The van der Waals surface area contributed by atoms with Crippen LogP contribution in [-0.4, -0.2) is 35.7 Å². The van der Waals surface area contributed by atoms with Crippen LogP contribution in [0.2, 0.25) is 0 Å². The zero-order valence-corrected chi connectivity index (χ0v) is 31.2. The quantitative estimate of drug-likeness (QED) is 0.218. The molecule has 3 fully saturated rings. The second-order valence-corrected chi connectivity index (χ2v) is 20.0. The van der Waals surface area contributed by atoms with Gasteiger partial charge in [-0.3, -0.25) is 0 Å². The van der Waals surface area contributed by atoms with E-state index in [1.807, 2.05) is 6.07 Å². The van der Waals surface area contributed by atoms with E-state index in [1.54, 1.807) is 0 Å². The van der Waals surface area contributed by atoms with E-state index < -0.39 is 0 Å². The molecule has 5 heteroatoms. The summed E-state index contributed by atoms with van der Waals surface area (Å²) in [5.74, 6) is 5.18. The van der Waals surface area contributed by atoms with Gasteiger partial charge in [-0.15, -0.1) is 0 Å². The Morgan fingerprint density at radius 2 is 1.83 bits per heavy atom. The van der Waals surface area contributed by atoms with Crippen molar-refractivity contribution in [1.29, 1.82) is 0 Å². The van der Waals surface area contributed by atoms with E-state index in [-0.39, 0.29) is 10.8 Å². The number of nitrogens with one attached hydrogen (secondary N) is 2. The monoisotopic (exact) mass is 682 g/mol. The summed E-state index contributed by atoms with van der Waals surface area (Å²) in [7, 11) is 6.40. The van der Waals surface area contributed by atoms with Gasteiger partial charge in [-0.05, 0) is 166 Å². The zero-order chi connectivity index (χ0) is 32.9. The number of hydrogen-bond donors (Lipinski definition) is 3. The van der Waals surface area contributed by atoms with Gasteiger partial charge in [0.15, 0.2) is 0 Å². The largest absolute Gasteiger partial charge is 0.508 e. The SMILES string of the molecule is CNC[C@@H]1CC[C@@]2(C1)C[C@@H]1[C@H]3Cc4cc(O)cc(c4)Cc4ccccc4CN[C@@H](C)CSS[C@H]4C=C[C@@]1(C[C@H]4C3)[C@]1(C=CC[C@@H](C)C1)C2. The third kappa shape index (κ3) is 6.26. The van der Waals surface area contributed by atoms with Crippen molar-refractivity contribution in [3.63, 3.8) is 0 Å². The van der Waals surface area contributed by atoms with Crippen molar-refractivity contribution in [3.05, 3.63) is 89.0 Å². The van der Waals surface area contributed by atoms with Crippen molar-refractivity contribution in [2.24, 2.45) is 45.8 Å². The molecule has 1 aliphatic heterocycles. The number of hydrogen-bond acceptors (Lipinski definition) is 5. The molecule has 0 radical (unpaired) electrons. The molecule has 3 N–H and O–H groups in total. The topological polar surface area (TPSA) is 44.3 Å². The molecule has 8 rings (SSSR count). The fraction of sp³-hybridized carbons (Fsp3) is 0.628. The number of benzene rings is 2. The van der Waals surface area contributed by atoms with Crippen LogP contribution in [0.4, 0.5) is 0 Å². The van der Waals surface area contributed by atoms with Gasteiger partial charge in [-0.2, -0.15) is 0 Å². The lowest BCUT2D eigenvalue weighted by molar-refractivity contribution is -0.135. The second kappa shape index (κ2) is 13.5. The number of fused-ring (bicyclic) bond motifs is 5. The molecule has 258 valence electrons. The Bertz CT molecular complexity index is 1540. The minimum atomic E-state index is 0.246. The maximum atomic E-state index is 11.2. The lowest BCUT2D eigenvalue weighted by Gasteiger charge is -2.68. The van der Waals surface area contributed by atoms with Crippen LogP contribution in [0.3, 0.4) is 0 Å². The number of phenolic OH excluding ortho intramolecular Hbond substituents is 1. The van der Waals surface area contributed by atoms with Crippen molar-refractivity contribution in [1.82, 2.24) is 10.6 Å². The highest BCUT2D eigenvalue weighted by Crippen LogP contribution is 2.74. The first-order valence-electron chi connectivity index (χ1n) is 19.2. The maximum Gasteiger partial charge on any atom is 0.116 e. The van der Waals surface area contributed by atoms with E-state index in [0.29, 0.717) is 40.2 Å². The Balaban J connectivity index is 1.22. The molecule has 5 aliphatic carbocycles. The third-order valence-corrected chi connectivity index (χ3v) is 16.9. The zero-order valence-electron chi connectivity index (χ0n) is 29.6. The average molecular weight is 683 g/mol. The van der Waals surface area contributed by atoms with Crippen LogP contribution in [0.15, 0.2) is 66.8 Å². The molecule has 0 saturated heterocycles. The molecule has 48 heavy (non-hydrogen) atoms. The van der Waals surface area contributed by atoms with Crippen molar-refractivity contribution >= 4 is 21.6 Å². The lowest BCUT2D eigenvalue weighted by Crippen LogP contribution is -2.61. The molecule has 0 unspecified atom stereocenters. The first-order chi connectivity index (χ1) is 23.3. The Hall–Kier alpha value is -1.66. The van der Waals surface area contributed by atoms with Crippen LogP contribution in [0.1, 0.15) is 93.9 Å². The molecular formula is C43H58N2OS2. The van der Waals surface area contributed by atoms with Gasteiger partial charge in [0.05, 0.1) is 0 Å². The van der Waals surface area contributed by atoms with Gasteiger partial charge in [0, 0.05) is 29.0 Å². The Labute approximate surface area is 298 Å². The summed E-state index contributed by atoms with van der Waals surface area (Å²) >= 11 is 0. The smallest absolute Gasteiger partial charge is 0.116 e. The van der Waals surface area contributed by atoms with Gasteiger partial charge in [-0.1, -0.05) is 83.1 Å². The van der Waals surface area contributed by atoms with E-state index in [0.717, 1.165) is 37.0 Å². The van der Waals surface area contributed by atoms with Gasteiger partial charge in [0.25, 0.3) is 0 Å². The highest BCUT2D eigenvalue weighted by Gasteiger charge is 2.66. The molecule has 6 aliphatic rings. The van der Waals surface area contributed by atoms with Crippen LogP contribution >= 0.6 is 21.6 Å². The van der Waals surface area contributed by atoms with E-state index in [2.05, 4.69) is 114 Å². The third-order valence-electron chi connectivity index (χ3n) is 13.9. The summed E-state index contributed by atoms with van der Waals surface area (Å²) in [5.41, 5.74) is 6.31. The predicted octanol–water partition coefficient (Wildman–Crippen LogP) is 9.74. The Kier molecular flexibility index (Phi) is 9.40. The van der Waals surface area contributed by atoms with E-state index in [9.17, 15) is 5.11 Å². The van der Waals surface area contributed by atoms with Crippen molar-refractivity contribution in [3.8, 4) is 5.75 Å². The van der Waals surface area contributed by atoms with E-state index in [1.165, 1.54) is 86.6 Å². The first-order valence-corrected chi connectivity index (χ1v) is 21.6. The van der Waals surface area contributed by atoms with Crippen LogP contribution in [0, 0.1) is 45.8 Å². The van der Waals surface area contributed by atoms with Gasteiger partial charge >= 0.3 is 0 Å². The normalized spacial score (nSPS) is 40.9. The van der Waals surface area contributed by atoms with Gasteiger partial charge < -0.3 is 15.7 Å². The summed E-state index contributed by atoms with van der Waals surface area (Å²) in [6, 6.07) is 15.9. The number of aromatic hydroxyl groups is 1. The second-order valence-electron chi connectivity index (χ2n) is 17.4. The Morgan fingerprint density at radius 3 is 2.69 bits per heavy atom. The van der Waals surface area contributed by atoms with E-state index >= 15 is 0 Å². The summed E-state index contributed by atoms with van der Waals surface area (Å²) < 4.78 is 0. The summed E-state index contributed by atoms with van der Waals surface area (Å²) in [6.07, 6.45) is 25.2. The van der Waals surface area contributed by atoms with Crippen molar-refractivity contribution in [2.45, 2.75) is 102 Å². The van der Waals surface area contributed by atoms with Crippen LogP contribution in [-0.2, 0) is 19.4 Å². The molecule has 0 aromatic heterocycles. The fourth-order valence-corrected chi connectivity index (χ4v) is 15.2. The van der Waals surface area contributed by atoms with Gasteiger partial charge in [-0.25, -0.2) is 0 Å². The maximum absolute atomic E-state index is 11.2. The molecule has 3 nitrogen and oxygen atoms in total. The molecule has 2 aromatic rings. The molecule has 5 bridgehead atoms. The Morgan fingerprint density at radius 1 is 0.979 bits per heavy atom. The molecule has 3 saturated carbocycles. The molecule has 1 heterocycles. The number of rotatable bonds is 2. The molecule has 2 aromatic carbocycles. The van der Waals surface area contributed by atoms with Gasteiger partial charge in [0.1, 0.15) is 5.75 Å². The molecule has 3 spiro atoms. The average Bonchev–Trinajstić information content (AvgIpc) is 3.43. The standard InChI is InChI=1S/C43H58N2OS2/c1-29-7-6-12-42(21-29)28-41(13-10-31(22-41)25-44-3)24-39-36-17-33-15-32(18-38(46)19-33)16-34-8-4-5-9-35(34)26-45-30(2)27-47-48-40-11-14-43(39,42)23-37(40)20-36/h4-6,8-9,11-12,14-15,18-19,29-31,36-37,39-40,44-46H,7,10,13,16-17,20-28H2,1-3H3/t29-,30+,31-,36+,37-,39-,40+,41-,42+,43+/m1/s1. The highest BCUT2D eigenvalue weighted by molar-refractivity contribution is 8.77. The minimum Gasteiger partial charge on any atom is -0.508 e.